The second-order valence-electron chi connectivity index (χ2n) is 8.57. The molecule has 182 valence electrons. The summed E-state index contributed by atoms with van der Waals surface area (Å²) < 4.78 is 44.2. The smallest absolute Gasteiger partial charge is 0.337 e. The van der Waals surface area contributed by atoms with Crippen LogP contribution in [0.3, 0.4) is 0 Å². The van der Waals surface area contributed by atoms with Gasteiger partial charge in [0.05, 0.1) is 39.1 Å². The molecule has 0 aromatic heterocycles. The normalized spacial score (nSPS) is 30.6. The van der Waals surface area contributed by atoms with E-state index in [4.69, 9.17) is 28.1 Å². The van der Waals surface area contributed by atoms with Crippen molar-refractivity contribution in [3.05, 3.63) is 41.7 Å². The van der Waals surface area contributed by atoms with Crippen molar-refractivity contribution in [2.75, 3.05) is 32.6 Å². The summed E-state index contributed by atoms with van der Waals surface area (Å²) in [5.41, 5.74) is 2.13. The largest absolute Gasteiger partial charge is 0.504 e. The van der Waals surface area contributed by atoms with Crippen LogP contribution < -0.4 is 28.9 Å². The van der Waals surface area contributed by atoms with Crippen molar-refractivity contribution in [1.82, 2.24) is 0 Å². The fraction of sp³-hybridized carbons (Fsp3) is 0.545. The Balaban J connectivity index is 0.000000555. The second kappa shape index (κ2) is 9.96. The standard InChI is InChI=1S/C22H28N2O4.ClHO4/c1-4-14-12-24-10-9-22(17-7-5-6-8-18(17)23-21(22)26)19(24)11-15(14)16(13-27-2)20(25)28-3;2-1(3,4)5/h5-8,13-15,19H,4,9-12H2,1-3H3,(H,23,26);(H,2,3,4,5)/b16-13+;/t14-,15-,19?,22?;/m1./s1. The monoisotopic (exact) mass is 484 g/mol. The van der Waals surface area contributed by atoms with Gasteiger partial charge in [0.15, 0.2) is 0 Å². The van der Waals surface area contributed by atoms with Gasteiger partial charge in [-0.15, -0.1) is 10.2 Å². The highest BCUT2D eigenvalue weighted by molar-refractivity contribution is 6.07. The average molecular weight is 485 g/mol. The van der Waals surface area contributed by atoms with Crippen molar-refractivity contribution in [1.29, 1.82) is 0 Å². The van der Waals surface area contributed by atoms with Crippen LogP contribution in [0.2, 0.25) is 0 Å². The van der Waals surface area contributed by atoms with E-state index in [2.05, 4.69) is 18.3 Å². The van der Waals surface area contributed by atoms with Gasteiger partial charge in [-0.1, -0.05) is 25.1 Å². The lowest BCUT2D eigenvalue weighted by Gasteiger charge is -2.42. The number of nitrogens with one attached hydrogen (secondary N) is 2. The molecule has 10 nitrogen and oxygen atoms in total. The predicted molar refractivity (Wildman–Crippen MR) is 105 cm³/mol. The third-order valence-electron chi connectivity index (χ3n) is 7.16. The zero-order valence-corrected chi connectivity index (χ0v) is 19.6. The van der Waals surface area contributed by atoms with E-state index in [0.717, 1.165) is 43.6 Å². The third-order valence-corrected chi connectivity index (χ3v) is 7.16. The number of quaternary nitrogens is 1. The summed E-state index contributed by atoms with van der Waals surface area (Å²) in [4.78, 5) is 27.2. The molecule has 1 aromatic rings. The van der Waals surface area contributed by atoms with E-state index >= 15 is 0 Å². The molecule has 0 aliphatic carbocycles. The Morgan fingerprint density at radius 1 is 1.27 bits per heavy atom. The fourth-order valence-corrected chi connectivity index (χ4v) is 5.87. The maximum atomic E-state index is 13.2. The topological polar surface area (TPSA) is 161 Å². The van der Waals surface area contributed by atoms with E-state index in [1.54, 1.807) is 7.11 Å². The summed E-state index contributed by atoms with van der Waals surface area (Å²) in [6.07, 6.45) is 4.14. The van der Waals surface area contributed by atoms with Gasteiger partial charge in [0.25, 0.3) is 0 Å². The van der Waals surface area contributed by atoms with Crippen LogP contribution in [-0.4, -0.2) is 45.2 Å². The van der Waals surface area contributed by atoms with Gasteiger partial charge < -0.3 is 19.7 Å². The average Bonchev–Trinajstić information content (AvgIpc) is 3.28. The molecule has 2 N–H and O–H groups in total. The van der Waals surface area contributed by atoms with Crippen molar-refractivity contribution < 1.29 is 52.8 Å². The van der Waals surface area contributed by atoms with Crippen LogP contribution in [0.5, 0.6) is 0 Å². The molecule has 0 radical (unpaired) electrons. The number of anilines is 1. The summed E-state index contributed by atoms with van der Waals surface area (Å²) >= 11 is 0. The lowest BCUT2D eigenvalue weighted by molar-refractivity contribution is -2.00. The molecule has 1 aromatic carbocycles. The number of carbonyl (C=O) groups excluding carboxylic acids is 2. The minimum atomic E-state index is -4.94. The number of ether oxygens (including phenoxy) is 2. The van der Waals surface area contributed by atoms with Crippen molar-refractivity contribution in [2.45, 2.75) is 37.6 Å². The summed E-state index contributed by atoms with van der Waals surface area (Å²) in [6.45, 7) is 4.11. The molecule has 33 heavy (non-hydrogen) atoms. The van der Waals surface area contributed by atoms with Crippen LogP contribution in [0.4, 0.5) is 5.69 Å². The molecular formula is C22H29ClN2O8. The predicted octanol–water partition coefficient (Wildman–Crippen LogP) is -3.47. The molecule has 3 aliphatic rings. The molecule has 11 heteroatoms. The highest BCUT2D eigenvalue weighted by atomic mass is 35.7. The van der Waals surface area contributed by atoms with Gasteiger partial charge in [0.1, 0.15) is 11.5 Å². The van der Waals surface area contributed by atoms with Crippen molar-refractivity contribution in [2.24, 2.45) is 11.8 Å². The molecule has 3 aliphatic heterocycles. The fourth-order valence-electron chi connectivity index (χ4n) is 5.87. The molecule has 5 atom stereocenters. The van der Waals surface area contributed by atoms with E-state index in [1.165, 1.54) is 18.3 Å². The van der Waals surface area contributed by atoms with Crippen LogP contribution in [0.25, 0.3) is 0 Å². The number of esters is 1. The second-order valence-corrected chi connectivity index (χ2v) is 9.33. The maximum Gasteiger partial charge on any atom is 0.337 e. The number of para-hydroxylation sites is 1. The lowest BCUT2D eigenvalue weighted by Crippen LogP contribution is -3.16. The Morgan fingerprint density at radius 2 is 1.94 bits per heavy atom. The maximum absolute atomic E-state index is 13.2. The Labute approximate surface area is 194 Å². The number of carbonyl (C=O) groups is 2. The lowest BCUT2D eigenvalue weighted by atomic mass is 9.67. The van der Waals surface area contributed by atoms with Crippen molar-refractivity contribution in [3.8, 4) is 0 Å². The summed E-state index contributed by atoms with van der Waals surface area (Å²) in [5, 5.41) is 3.11. The molecule has 3 unspecified atom stereocenters. The SMILES string of the molecule is CC[C@@H]1C[NH+]2CCC3(C(=O)Nc4ccccc43)C2C[C@H]1/C(=C\OC)C(=O)OC.[O-][Cl+3]([O-])([O-])[O-]. The number of hydrogen-bond donors (Lipinski definition) is 2. The number of halogens is 1. The van der Waals surface area contributed by atoms with Gasteiger partial charge in [-0.25, -0.2) is 23.4 Å². The van der Waals surface area contributed by atoms with Crippen LogP contribution >= 0.6 is 0 Å². The van der Waals surface area contributed by atoms with E-state index in [-0.39, 0.29) is 23.8 Å². The van der Waals surface area contributed by atoms with Gasteiger partial charge in [0.2, 0.25) is 5.91 Å². The van der Waals surface area contributed by atoms with Crippen LogP contribution in [-0.2, 0) is 24.5 Å². The highest BCUT2D eigenvalue weighted by Gasteiger charge is 2.63. The first-order chi connectivity index (χ1) is 15.6. The minimum absolute atomic E-state index is 0.0293. The van der Waals surface area contributed by atoms with Gasteiger partial charge in [-0.2, -0.15) is 0 Å². The molecule has 0 bridgehead atoms. The van der Waals surface area contributed by atoms with Crippen LogP contribution in [0.1, 0.15) is 31.7 Å². The summed E-state index contributed by atoms with van der Waals surface area (Å²) in [7, 11) is -1.98. The Morgan fingerprint density at radius 3 is 2.55 bits per heavy atom. The van der Waals surface area contributed by atoms with Gasteiger partial charge in [0, 0.05) is 30.4 Å². The molecule has 1 spiro atoms. The zero-order chi connectivity index (χ0) is 24.4. The first-order valence-electron chi connectivity index (χ1n) is 10.7. The molecule has 2 fully saturated rings. The first kappa shape index (κ1) is 25.4. The van der Waals surface area contributed by atoms with E-state index in [0.29, 0.717) is 11.5 Å². The molecular weight excluding hydrogens is 456 g/mol. The summed E-state index contributed by atoms with van der Waals surface area (Å²) in [6, 6.07) is 8.20. The zero-order valence-electron chi connectivity index (χ0n) is 18.8. The van der Waals surface area contributed by atoms with Gasteiger partial charge in [-0.05, 0) is 18.1 Å². The number of rotatable bonds is 4. The first-order valence-corrected chi connectivity index (χ1v) is 12.0. The van der Waals surface area contributed by atoms with Crippen LogP contribution in [0.15, 0.2) is 36.1 Å². The molecule has 3 heterocycles. The number of methoxy groups -OCH3 is 2. The molecule has 0 saturated carbocycles. The Bertz CT molecular complexity index is 912. The van der Waals surface area contributed by atoms with Crippen molar-refractivity contribution >= 4 is 17.6 Å². The third kappa shape index (κ3) is 5.01. The van der Waals surface area contributed by atoms with E-state index in [1.807, 2.05) is 18.2 Å². The molecule has 4 rings (SSSR count). The Kier molecular flexibility index (Phi) is 7.67. The number of hydrogen-bond acceptors (Lipinski definition) is 8. The molecule has 2 saturated heterocycles. The molecule has 1 amide bonds. The number of piperidine rings is 1. The summed E-state index contributed by atoms with van der Waals surface area (Å²) in [5.74, 6) is 0.165. The van der Waals surface area contributed by atoms with Crippen LogP contribution in [0, 0.1) is 22.1 Å². The highest BCUT2D eigenvalue weighted by Crippen LogP contribution is 2.47. The number of benzene rings is 1. The number of amides is 1. The Hall–Kier alpha value is -2.21. The quantitative estimate of drug-likeness (QED) is 0.253. The van der Waals surface area contributed by atoms with E-state index < -0.39 is 15.7 Å². The van der Waals surface area contributed by atoms with E-state index in [9.17, 15) is 9.59 Å². The minimum Gasteiger partial charge on any atom is -0.504 e. The number of fused-ring (bicyclic) bond motifs is 4. The van der Waals surface area contributed by atoms with Gasteiger partial charge >= 0.3 is 5.97 Å². The van der Waals surface area contributed by atoms with Gasteiger partial charge in [-0.3, -0.25) is 4.79 Å². The van der Waals surface area contributed by atoms with Crippen molar-refractivity contribution in [3.63, 3.8) is 0 Å².